The quantitative estimate of drug-likeness (QED) is 0.588. The molecule has 0 bridgehead atoms. The topological polar surface area (TPSA) is 49.8 Å². The second-order valence-corrected chi connectivity index (χ2v) is 2.92. The van der Waals surface area contributed by atoms with Gasteiger partial charge in [0.1, 0.15) is 0 Å². The molecule has 12 heavy (non-hydrogen) atoms. The van der Waals surface area contributed by atoms with Gasteiger partial charge in [-0.15, -0.1) is 0 Å². The molecule has 0 radical (unpaired) electrons. The van der Waals surface area contributed by atoms with E-state index < -0.39 is 6.10 Å². The van der Waals surface area contributed by atoms with E-state index in [-0.39, 0.29) is 5.91 Å². The van der Waals surface area contributed by atoms with Crippen LogP contribution in [0.4, 0.5) is 0 Å². The summed E-state index contributed by atoms with van der Waals surface area (Å²) in [6.07, 6.45) is -0.0322. The first-order chi connectivity index (χ1) is 5.74. The molecule has 1 unspecified atom stereocenters. The second-order valence-electron chi connectivity index (χ2n) is 2.92. The minimum atomic E-state index is -0.525. The zero-order chi connectivity index (χ0) is 8.97. The number of nitrogens with zero attached hydrogens (tertiary/aromatic N) is 1. The second kappa shape index (κ2) is 4.42. The third kappa shape index (κ3) is 2.46. The number of hydrogen-bond acceptors (Lipinski definition) is 3. The van der Waals surface area contributed by atoms with E-state index in [9.17, 15) is 9.90 Å². The van der Waals surface area contributed by atoms with Gasteiger partial charge in [0.05, 0.1) is 19.3 Å². The van der Waals surface area contributed by atoms with Crippen LogP contribution in [0.5, 0.6) is 0 Å². The Morgan fingerprint density at radius 3 is 3.17 bits per heavy atom. The number of carbonyl (C=O) groups excluding carboxylic acids is 1. The lowest BCUT2D eigenvalue weighted by molar-refractivity contribution is -0.131. The summed E-state index contributed by atoms with van der Waals surface area (Å²) >= 11 is 0. The predicted octanol–water partition coefficient (Wildman–Crippen LogP) is -0.384. The first-order valence-electron chi connectivity index (χ1n) is 4.27. The molecule has 4 heteroatoms. The number of hydrogen-bond donors (Lipinski definition) is 1. The monoisotopic (exact) mass is 173 g/mol. The lowest BCUT2D eigenvalue weighted by Crippen LogP contribution is -2.37. The molecule has 1 aliphatic rings. The summed E-state index contributed by atoms with van der Waals surface area (Å²) in [6, 6.07) is 0. The average Bonchev–Trinajstić information content (AvgIpc) is 2.28. The molecular formula is C8H15NO3. The van der Waals surface area contributed by atoms with Crippen LogP contribution >= 0.6 is 0 Å². The Morgan fingerprint density at radius 2 is 2.50 bits per heavy atom. The Kier molecular flexibility index (Phi) is 3.49. The molecule has 1 fully saturated rings. The minimum Gasteiger partial charge on any atom is -0.389 e. The van der Waals surface area contributed by atoms with Crippen molar-refractivity contribution in [3.8, 4) is 0 Å². The van der Waals surface area contributed by atoms with Crippen LogP contribution in [0.1, 0.15) is 13.3 Å². The highest BCUT2D eigenvalue weighted by molar-refractivity contribution is 5.75. The Balaban J connectivity index is 2.46. The van der Waals surface area contributed by atoms with Crippen molar-refractivity contribution < 1.29 is 14.6 Å². The summed E-state index contributed by atoms with van der Waals surface area (Å²) < 4.78 is 5.09. The maximum absolute atomic E-state index is 11.2. The molecule has 4 nitrogen and oxygen atoms in total. The van der Waals surface area contributed by atoms with E-state index in [0.29, 0.717) is 32.7 Å². The first-order valence-corrected chi connectivity index (χ1v) is 4.27. The summed E-state index contributed by atoms with van der Waals surface area (Å²) in [4.78, 5) is 12.9. The van der Waals surface area contributed by atoms with Gasteiger partial charge in [0.25, 0.3) is 0 Å². The molecule has 70 valence electrons. The largest absolute Gasteiger partial charge is 0.389 e. The fourth-order valence-corrected chi connectivity index (χ4v) is 1.24. The third-order valence-corrected chi connectivity index (χ3v) is 1.90. The summed E-state index contributed by atoms with van der Waals surface area (Å²) in [5, 5.41) is 9.29. The van der Waals surface area contributed by atoms with Crippen molar-refractivity contribution in [2.75, 3.05) is 26.3 Å². The Hall–Kier alpha value is -0.610. The zero-order valence-corrected chi connectivity index (χ0v) is 7.32. The molecule has 1 aliphatic heterocycles. The Labute approximate surface area is 72.1 Å². The van der Waals surface area contributed by atoms with Gasteiger partial charge in [-0.25, -0.2) is 0 Å². The van der Waals surface area contributed by atoms with E-state index in [4.69, 9.17) is 4.74 Å². The maximum atomic E-state index is 11.2. The van der Waals surface area contributed by atoms with Gasteiger partial charge in [-0.2, -0.15) is 0 Å². The average molecular weight is 173 g/mol. The van der Waals surface area contributed by atoms with Crippen molar-refractivity contribution in [2.45, 2.75) is 19.4 Å². The summed E-state index contributed by atoms with van der Waals surface area (Å²) in [5.74, 6) is 0.0829. The fraction of sp³-hybridized carbons (Fsp3) is 0.875. The Bertz CT molecular complexity index is 160. The summed E-state index contributed by atoms with van der Waals surface area (Å²) in [5.41, 5.74) is 0. The van der Waals surface area contributed by atoms with Gasteiger partial charge in [-0.05, 0) is 0 Å². The molecule has 0 aromatic carbocycles. The van der Waals surface area contributed by atoms with Crippen molar-refractivity contribution in [2.24, 2.45) is 0 Å². The SMILES string of the molecule is CCC(=O)N1CCOCC(O)C1. The van der Waals surface area contributed by atoms with Gasteiger partial charge in [0.2, 0.25) is 5.91 Å². The van der Waals surface area contributed by atoms with Gasteiger partial charge in [-0.3, -0.25) is 4.79 Å². The molecule has 0 aliphatic carbocycles. The normalized spacial score (nSPS) is 25.2. The highest BCUT2D eigenvalue weighted by Crippen LogP contribution is 2.01. The van der Waals surface area contributed by atoms with Gasteiger partial charge >= 0.3 is 0 Å². The molecule has 0 aromatic rings. The number of ether oxygens (including phenoxy) is 1. The molecule has 1 amide bonds. The number of β-amino-alcohol motifs (C(OH)–C–C–N with tert-alkyl or cyclic N) is 1. The van der Waals surface area contributed by atoms with Crippen LogP contribution < -0.4 is 0 Å². The third-order valence-electron chi connectivity index (χ3n) is 1.90. The molecule has 1 heterocycles. The van der Waals surface area contributed by atoms with E-state index in [1.54, 1.807) is 4.90 Å². The molecule has 0 aromatic heterocycles. The maximum Gasteiger partial charge on any atom is 0.222 e. The van der Waals surface area contributed by atoms with Crippen LogP contribution in [0, 0.1) is 0 Å². The smallest absolute Gasteiger partial charge is 0.222 e. The van der Waals surface area contributed by atoms with Crippen molar-refractivity contribution in [1.82, 2.24) is 4.90 Å². The van der Waals surface area contributed by atoms with Crippen molar-refractivity contribution >= 4 is 5.91 Å². The molecule has 0 spiro atoms. The lowest BCUT2D eigenvalue weighted by atomic mass is 10.3. The number of aliphatic hydroxyl groups excluding tert-OH is 1. The predicted molar refractivity (Wildman–Crippen MR) is 43.7 cm³/mol. The van der Waals surface area contributed by atoms with Crippen molar-refractivity contribution in [3.63, 3.8) is 0 Å². The summed E-state index contributed by atoms with van der Waals surface area (Å²) in [7, 11) is 0. The standard InChI is InChI=1S/C8H15NO3/c1-2-8(11)9-3-4-12-6-7(10)5-9/h7,10H,2-6H2,1H3. The van der Waals surface area contributed by atoms with Crippen LogP contribution in [0.15, 0.2) is 0 Å². The van der Waals surface area contributed by atoms with Crippen LogP contribution in [0.25, 0.3) is 0 Å². The number of rotatable bonds is 1. The first kappa shape index (κ1) is 9.48. The van der Waals surface area contributed by atoms with Crippen molar-refractivity contribution in [1.29, 1.82) is 0 Å². The van der Waals surface area contributed by atoms with Crippen LogP contribution in [0.2, 0.25) is 0 Å². The van der Waals surface area contributed by atoms with Gasteiger partial charge in [0.15, 0.2) is 0 Å². The van der Waals surface area contributed by atoms with E-state index in [1.165, 1.54) is 0 Å². The Morgan fingerprint density at radius 1 is 1.75 bits per heavy atom. The molecular weight excluding hydrogens is 158 g/mol. The highest BCUT2D eigenvalue weighted by atomic mass is 16.5. The van der Waals surface area contributed by atoms with E-state index in [0.717, 1.165) is 0 Å². The zero-order valence-electron chi connectivity index (χ0n) is 7.32. The summed E-state index contributed by atoms with van der Waals surface area (Å²) in [6.45, 7) is 3.70. The van der Waals surface area contributed by atoms with Gasteiger partial charge in [0, 0.05) is 19.5 Å². The highest BCUT2D eigenvalue weighted by Gasteiger charge is 2.18. The number of amides is 1. The van der Waals surface area contributed by atoms with Crippen LogP contribution in [0.3, 0.4) is 0 Å². The molecule has 1 rings (SSSR count). The van der Waals surface area contributed by atoms with Crippen LogP contribution in [-0.4, -0.2) is 48.3 Å². The van der Waals surface area contributed by atoms with E-state index >= 15 is 0 Å². The lowest BCUT2D eigenvalue weighted by Gasteiger charge is -2.20. The van der Waals surface area contributed by atoms with Gasteiger partial charge < -0.3 is 14.7 Å². The number of carbonyl (C=O) groups is 1. The van der Waals surface area contributed by atoms with Crippen molar-refractivity contribution in [3.05, 3.63) is 0 Å². The fourth-order valence-electron chi connectivity index (χ4n) is 1.24. The molecule has 0 saturated carbocycles. The molecule has 1 N–H and O–H groups in total. The van der Waals surface area contributed by atoms with Crippen LogP contribution in [-0.2, 0) is 9.53 Å². The van der Waals surface area contributed by atoms with Gasteiger partial charge in [-0.1, -0.05) is 6.92 Å². The van der Waals surface area contributed by atoms with E-state index in [2.05, 4.69) is 0 Å². The molecule has 1 saturated heterocycles. The molecule has 1 atom stereocenters. The number of aliphatic hydroxyl groups is 1. The minimum absolute atomic E-state index is 0.0829. The van der Waals surface area contributed by atoms with E-state index in [1.807, 2.05) is 6.92 Å².